The number of anilines is 1. The van der Waals surface area contributed by atoms with Gasteiger partial charge in [0.25, 0.3) is 0 Å². The van der Waals surface area contributed by atoms with E-state index >= 15 is 0 Å². The average Bonchev–Trinajstić information content (AvgIpc) is 2.51. The van der Waals surface area contributed by atoms with E-state index in [0.29, 0.717) is 16.0 Å². The Morgan fingerprint density at radius 3 is 2.93 bits per heavy atom. The van der Waals surface area contributed by atoms with Gasteiger partial charge in [0.2, 0.25) is 0 Å². The summed E-state index contributed by atoms with van der Waals surface area (Å²) < 4.78 is 0.806. The van der Waals surface area contributed by atoms with Crippen LogP contribution in [0.5, 0.6) is 0 Å². The zero-order valence-corrected chi connectivity index (χ0v) is 8.73. The zero-order chi connectivity index (χ0) is 10.3. The molecule has 0 bridgehead atoms. The van der Waals surface area contributed by atoms with Crippen LogP contribution in [0.15, 0.2) is 22.4 Å². The van der Waals surface area contributed by atoms with Gasteiger partial charge in [0.1, 0.15) is 0 Å². The molecule has 0 aliphatic rings. The number of nitrogens with two attached hydrogens (primary N) is 1. The molecule has 1 aromatic carbocycles. The maximum Gasteiger partial charge on any atom is 0.337 e. The number of hydrogen-bond donors (Lipinski definition) is 3. The molecule has 0 fully saturated rings. The number of carbonyl (C=O) groups is 1. The molecule has 0 unspecified atom stereocenters. The Bertz CT molecular complexity index is 519. The maximum atomic E-state index is 11.0. The van der Waals surface area contributed by atoms with Crippen molar-refractivity contribution in [1.29, 1.82) is 0 Å². The lowest BCUT2D eigenvalue weighted by Gasteiger charge is -2.04. The van der Waals surface area contributed by atoms with E-state index in [1.165, 1.54) is 11.3 Å². The average molecular weight is 225 g/mol. The van der Waals surface area contributed by atoms with Crippen molar-refractivity contribution in [2.24, 2.45) is 0 Å². The van der Waals surface area contributed by atoms with Gasteiger partial charge < -0.3 is 10.8 Å². The predicted octanol–water partition coefficient (Wildman–Crippen LogP) is 2.47. The Hall–Kier alpha value is -1.20. The number of fused-ring (bicyclic) bond motifs is 1. The summed E-state index contributed by atoms with van der Waals surface area (Å²) in [6, 6.07) is 3.32. The summed E-state index contributed by atoms with van der Waals surface area (Å²) in [6.07, 6.45) is 0. The predicted molar refractivity (Wildman–Crippen MR) is 60.4 cm³/mol. The lowest BCUT2D eigenvalue weighted by atomic mass is 10.1. The van der Waals surface area contributed by atoms with Crippen LogP contribution in [0, 0.1) is 0 Å². The number of hydrogen-bond acceptors (Lipinski definition) is 4. The Morgan fingerprint density at radius 2 is 2.29 bits per heavy atom. The summed E-state index contributed by atoms with van der Waals surface area (Å²) in [5.41, 5.74) is 6.53. The second-order valence-electron chi connectivity index (χ2n) is 2.83. The van der Waals surface area contributed by atoms with Crippen LogP contribution in [0.2, 0.25) is 0 Å². The molecule has 2 aromatic rings. The van der Waals surface area contributed by atoms with E-state index in [1.807, 2.05) is 5.38 Å². The summed E-state index contributed by atoms with van der Waals surface area (Å²) in [7, 11) is 0. The van der Waals surface area contributed by atoms with Crippen molar-refractivity contribution in [3.8, 4) is 0 Å². The molecule has 1 aromatic heterocycles. The second kappa shape index (κ2) is 3.18. The molecule has 0 amide bonds. The fourth-order valence-corrected chi connectivity index (χ4v) is 2.56. The highest BCUT2D eigenvalue weighted by atomic mass is 32.1. The van der Waals surface area contributed by atoms with E-state index in [-0.39, 0.29) is 5.56 Å². The van der Waals surface area contributed by atoms with Crippen LogP contribution in [-0.2, 0) is 0 Å². The van der Waals surface area contributed by atoms with Gasteiger partial charge in [0.15, 0.2) is 0 Å². The topological polar surface area (TPSA) is 63.3 Å². The zero-order valence-electron chi connectivity index (χ0n) is 7.02. The number of carboxylic acids is 1. The van der Waals surface area contributed by atoms with E-state index in [0.717, 1.165) is 4.70 Å². The van der Waals surface area contributed by atoms with Crippen LogP contribution >= 0.6 is 24.0 Å². The highest BCUT2D eigenvalue weighted by Crippen LogP contribution is 2.33. The molecule has 0 saturated heterocycles. The third kappa shape index (κ3) is 1.25. The van der Waals surface area contributed by atoms with E-state index in [4.69, 9.17) is 10.8 Å². The molecule has 0 radical (unpaired) electrons. The highest BCUT2D eigenvalue weighted by molar-refractivity contribution is 7.80. The molecule has 5 heteroatoms. The van der Waals surface area contributed by atoms with Gasteiger partial charge in [-0.2, -0.15) is 0 Å². The van der Waals surface area contributed by atoms with Gasteiger partial charge in [-0.15, -0.1) is 24.0 Å². The summed E-state index contributed by atoms with van der Waals surface area (Å²) >= 11 is 5.53. The fraction of sp³-hybridized carbons (Fsp3) is 0. The van der Waals surface area contributed by atoms with Crippen molar-refractivity contribution < 1.29 is 9.90 Å². The van der Waals surface area contributed by atoms with Crippen molar-refractivity contribution in [2.45, 2.75) is 4.90 Å². The summed E-state index contributed by atoms with van der Waals surface area (Å²) in [5.74, 6) is -0.974. The number of thiol groups is 1. The Labute approximate surface area is 89.6 Å². The molecule has 3 nitrogen and oxygen atoms in total. The van der Waals surface area contributed by atoms with E-state index in [9.17, 15) is 4.79 Å². The largest absolute Gasteiger partial charge is 0.478 e. The monoisotopic (exact) mass is 225 g/mol. The second-order valence-corrected chi connectivity index (χ2v) is 4.23. The third-order valence-electron chi connectivity index (χ3n) is 1.96. The number of nitrogen functional groups attached to an aromatic ring is 1. The molecular formula is C9H7NO2S2. The lowest BCUT2D eigenvalue weighted by Crippen LogP contribution is -2.00. The lowest BCUT2D eigenvalue weighted by molar-refractivity contribution is 0.0695. The smallest absolute Gasteiger partial charge is 0.337 e. The van der Waals surface area contributed by atoms with Crippen LogP contribution in [0.1, 0.15) is 10.4 Å². The van der Waals surface area contributed by atoms with Gasteiger partial charge in [-0.1, -0.05) is 0 Å². The van der Waals surface area contributed by atoms with Gasteiger partial charge in [0, 0.05) is 10.3 Å². The first-order valence-electron chi connectivity index (χ1n) is 3.83. The van der Waals surface area contributed by atoms with Gasteiger partial charge in [-0.3, -0.25) is 0 Å². The molecule has 0 spiro atoms. The van der Waals surface area contributed by atoms with Crippen LogP contribution in [0.4, 0.5) is 5.69 Å². The molecule has 1 heterocycles. The van der Waals surface area contributed by atoms with Gasteiger partial charge in [0.05, 0.1) is 16.0 Å². The molecule has 72 valence electrons. The van der Waals surface area contributed by atoms with Crippen molar-refractivity contribution in [3.63, 3.8) is 0 Å². The Morgan fingerprint density at radius 1 is 1.57 bits per heavy atom. The van der Waals surface area contributed by atoms with Crippen LogP contribution in [0.25, 0.3) is 10.1 Å². The minimum Gasteiger partial charge on any atom is -0.478 e. The van der Waals surface area contributed by atoms with Crippen molar-refractivity contribution in [3.05, 3.63) is 23.1 Å². The summed E-state index contributed by atoms with van der Waals surface area (Å²) in [4.78, 5) is 11.4. The van der Waals surface area contributed by atoms with Crippen LogP contribution < -0.4 is 5.73 Å². The van der Waals surface area contributed by atoms with Crippen LogP contribution in [0.3, 0.4) is 0 Å². The van der Waals surface area contributed by atoms with E-state index in [2.05, 4.69) is 12.6 Å². The highest BCUT2D eigenvalue weighted by Gasteiger charge is 2.15. The minimum atomic E-state index is -0.974. The standard InChI is InChI=1S/C9H7NO2S2/c10-5-3-6(13)7(9(11)12)4-1-2-14-8(4)5/h1-3,13H,10H2,(H,11,12). The van der Waals surface area contributed by atoms with E-state index < -0.39 is 5.97 Å². The number of carboxylic acid groups (broad SMARTS) is 1. The molecule has 0 aliphatic heterocycles. The normalized spacial score (nSPS) is 10.6. The molecule has 3 N–H and O–H groups in total. The minimum absolute atomic E-state index is 0.221. The van der Waals surface area contributed by atoms with Gasteiger partial charge in [-0.05, 0) is 17.5 Å². The van der Waals surface area contributed by atoms with Crippen molar-refractivity contribution in [1.82, 2.24) is 0 Å². The number of aromatic carboxylic acids is 1. The fourth-order valence-electron chi connectivity index (χ4n) is 1.38. The Balaban J connectivity index is 2.93. The number of benzene rings is 1. The van der Waals surface area contributed by atoms with Gasteiger partial charge >= 0.3 is 5.97 Å². The first kappa shape index (κ1) is 9.36. The third-order valence-corrected chi connectivity index (χ3v) is 3.28. The van der Waals surface area contributed by atoms with Crippen molar-refractivity contribution in [2.75, 3.05) is 5.73 Å². The molecular weight excluding hydrogens is 218 g/mol. The molecule has 0 atom stereocenters. The molecule has 0 aliphatic carbocycles. The molecule has 14 heavy (non-hydrogen) atoms. The number of thiophene rings is 1. The first-order chi connectivity index (χ1) is 6.61. The quantitative estimate of drug-likeness (QED) is 0.516. The van der Waals surface area contributed by atoms with E-state index in [1.54, 1.807) is 12.1 Å². The Kier molecular flexibility index (Phi) is 2.13. The number of rotatable bonds is 1. The van der Waals surface area contributed by atoms with Gasteiger partial charge in [-0.25, -0.2) is 4.79 Å². The molecule has 2 rings (SSSR count). The maximum absolute atomic E-state index is 11.0. The summed E-state index contributed by atoms with van der Waals surface area (Å²) in [6.45, 7) is 0. The SMILES string of the molecule is Nc1cc(S)c(C(=O)O)c2ccsc12. The van der Waals surface area contributed by atoms with Crippen LogP contribution in [-0.4, -0.2) is 11.1 Å². The summed E-state index contributed by atoms with van der Waals surface area (Å²) in [5, 5.41) is 11.5. The molecule has 0 saturated carbocycles. The first-order valence-corrected chi connectivity index (χ1v) is 5.16. The van der Waals surface area contributed by atoms with Crippen molar-refractivity contribution >= 4 is 45.7 Å².